The number of aromatic carboxylic acids is 1. The standard InChI is InChI=1S/C10H8I3NO3.C8H10AsNO5.Na.H/c1-3(15)4-6(11)5(10(16)17)8(13)9(14-2)7(4)12;1-5(11)10-7-4-2-3-6(8(7)12)9(13,14)15;;/h14H,1-2H3,(H,16,17);2-4,12H,1H3,(H,10,11)(H2,13,14,15);;. The van der Waals surface area contributed by atoms with Crippen molar-refractivity contribution in [2.75, 3.05) is 17.7 Å². The van der Waals surface area contributed by atoms with Gasteiger partial charge in [-0.3, -0.25) is 4.79 Å². The Balaban J connectivity index is 0.000000607. The van der Waals surface area contributed by atoms with Crippen molar-refractivity contribution in [2.45, 2.75) is 13.8 Å². The van der Waals surface area contributed by atoms with Crippen LogP contribution in [0.25, 0.3) is 0 Å². The number of amides is 1. The molecule has 0 atom stereocenters. The van der Waals surface area contributed by atoms with E-state index in [0.29, 0.717) is 18.4 Å². The van der Waals surface area contributed by atoms with Crippen molar-refractivity contribution in [3.63, 3.8) is 0 Å². The number of para-hydroxylation sites is 1. The van der Waals surface area contributed by atoms with E-state index in [1.165, 1.54) is 26.0 Å². The van der Waals surface area contributed by atoms with Gasteiger partial charge >= 0.3 is 124 Å². The Bertz CT molecular complexity index is 1100. The van der Waals surface area contributed by atoms with Crippen LogP contribution in [0.5, 0.6) is 5.75 Å². The molecule has 0 aromatic heterocycles. The number of hydrogen-bond acceptors (Lipinski definition) is 6. The Morgan fingerprint density at radius 2 is 1.48 bits per heavy atom. The van der Waals surface area contributed by atoms with Crippen molar-refractivity contribution in [1.82, 2.24) is 0 Å². The normalized spacial score (nSPS) is 10.3. The number of carboxylic acids is 1. The van der Waals surface area contributed by atoms with Crippen molar-refractivity contribution in [3.05, 3.63) is 40.0 Å². The molecule has 2 aromatic carbocycles. The molecule has 0 aliphatic heterocycles. The van der Waals surface area contributed by atoms with Crippen molar-refractivity contribution >= 4 is 145 Å². The van der Waals surface area contributed by atoms with E-state index in [-0.39, 0.29) is 46.6 Å². The quantitative estimate of drug-likeness (QED) is 0.113. The molecule has 33 heavy (non-hydrogen) atoms. The zero-order valence-corrected chi connectivity index (χ0v) is 25.1. The molecule has 0 heterocycles. The monoisotopic (exact) mass is 870 g/mol. The van der Waals surface area contributed by atoms with Crippen LogP contribution in [0.3, 0.4) is 0 Å². The second kappa shape index (κ2) is 14.0. The summed E-state index contributed by atoms with van der Waals surface area (Å²) in [5.74, 6) is -2.16. The molecule has 15 heteroatoms. The number of carboxylic acid groups (broad SMARTS) is 1. The SMILES string of the molecule is CC(=O)Nc1cccc([As](=O)(O)O)c1O.CNc1c(I)c(C(C)=O)c(I)c(C(=O)O)c1I.[NaH]. The Kier molecular flexibility index (Phi) is 14.1. The first kappa shape index (κ1) is 33.1. The predicted molar refractivity (Wildman–Crippen MR) is 151 cm³/mol. The number of benzene rings is 2. The van der Waals surface area contributed by atoms with Gasteiger partial charge in [0.2, 0.25) is 0 Å². The van der Waals surface area contributed by atoms with E-state index in [1.54, 1.807) is 7.05 Å². The van der Waals surface area contributed by atoms with E-state index in [9.17, 15) is 28.3 Å². The molecule has 0 saturated heterocycles. The fourth-order valence-corrected chi connectivity index (χ4v) is 8.78. The molecule has 0 saturated carbocycles. The average Bonchev–Trinajstić information content (AvgIpc) is 2.62. The first-order chi connectivity index (χ1) is 14.6. The van der Waals surface area contributed by atoms with Gasteiger partial charge in [0.1, 0.15) is 0 Å². The van der Waals surface area contributed by atoms with Crippen LogP contribution in [0.1, 0.15) is 34.6 Å². The number of Topliss-reactive ketones (excluding diaryl/α,β-unsaturated/α-hetero) is 1. The van der Waals surface area contributed by atoms with Crippen LogP contribution in [0.2, 0.25) is 0 Å². The Morgan fingerprint density at radius 3 is 1.88 bits per heavy atom. The van der Waals surface area contributed by atoms with Crippen molar-refractivity contribution in [3.8, 4) is 5.75 Å². The third-order valence-electron chi connectivity index (χ3n) is 3.77. The number of nitrogens with one attached hydrogen (secondary N) is 2. The summed E-state index contributed by atoms with van der Waals surface area (Å²) in [5, 5.41) is 23.9. The molecule has 0 bridgehead atoms. The van der Waals surface area contributed by atoms with Gasteiger partial charge in [0.15, 0.2) is 5.78 Å². The number of halogens is 3. The maximum absolute atomic E-state index is 11.6. The fraction of sp³-hybridized carbons (Fsp3) is 0.167. The number of hydrogen-bond donors (Lipinski definition) is 6. The zero-order valence-electron chi connectivity index (χ0n) is 16.7. The second-order valence-corrected chi connectivity index (χ2v) is 12.6. The predicted octanol–water partition coefficient (Wildman–Crippen LogP) is 1.71. The van der Waals surface area contributed by atoms with Crippen LogP contribution in [0.4, 0.5) is 11.4 Å². The Labute approximate surface area is 255 Å². The molecule has 2 rings (SSSR count). The molecule has 10 nitrogen and oxygen atoms in total. The van der Waals surface area contributed by atoms with Crippen molar-refractivity contribution in [2.24, 2.45) is 0 Å². The van der Waals surface area contributed by atoms with E-state index in [1.807, 2.05) is 45.2 Å². The van der Waals surface area contributed by atoms with E-state index >= 15 is 0 Å². The number of carbonyl (C=O) groups is 3. The van der Waals surface area contributed by atoms with Crippen LogP contribution in [0.15, 0.2) is 18.2 Å². The first-order valence-electron chi connectivity index (χ1n) is 8.43. The molecule has 6 N–H and O–H groups in total. The summed E-state index contributed by atoms with van der Waals surface area (Å²) in [4.78, 5) is 33.6. The molecule has 0 spiro atoms. The van der Waals surface area contributed by atoms with Crippen LogP contribution >= 0.6 is 67.8 Å². The van der Waals surface area contributed by atoms with Crippen molar-refractivity contribution < 1.29 is 36.5 Å². The maximum atomic E-state index is 11.6. The van der Waals surface area contributed by atoms with Gasteiger partial charge in [-0.05, 0) is 74.7 Å². The van der Waals surface area contributed by atoms with E-state index in [2.05, 4.69) is 33.2 Å². The fourth-order valence-electron chi connectivity index (χ4n) is 2.44. The van der Waals surface area contributed by atoms with Gasteiger partial charge < -0.3 is 10.4 Å². The van der Waals surface area contributed by atoms with Crippen LogP contribution in [0, 0.1) is 10.7 Å². The van der Waals surface area contributed by atoms with Gasteiger partial charge in [0.25, 0.3) is 0 Å². The molecule has 1 amide bonds. The molecular formula is C18H19AsI3N2NaO8. The number of phenols is 1. The number of rotatable bonds is 5. The summed E-state index contributed by atoms with van der Waals surface area (Å²) >= 11 is 0.812. The molecule has 0 fully saturated rings. The molecule has 176 valence electrons. The Hall–Kier alpha value is 0.118. The number of anilines is 2. The van der Waals surface area contributed by atoms with Gasteiger partial charge in [0.05, 0.1) is 14.8 Å². The molecule has 2 aromatic rings. The molecule has 0 aliphatic rings. The molecule has 0 aliphatic carbocycles. The summed E-state index contributed by atoms with van der Waals surface area (Å²) in [5.41, 5.74) is 1.33. The molecule has 0 unspecified atom stereocenters. The summed E-state index contributed by atoms with van der Waals surface area (Å²) in [6, 6.07) is 3.83. The van der Waals surface area contributed by atoms with Crippen LogP contribution in [-0.2, 0) is 8.53 Å². The molecular weight excluding hydrogens is 851 g/mol. The first-order valence-corrected chi connectivity index (χ1v) is 15.0. The molecule has 0 radical (unpaired) electrons. The van der Waals surface area contributed by atoms with Gasteiger partial charge in [-0.2, -0.15) is 0 Å². The summed E-state index contributed by atoms with van der Waals surface area (Å²) in [7, 11) is 1.71. The summed E-state index contributed by atoms with van der Waals surface area (Å²) in [6.45, 7) is 2.67. The third-order valence-corrected chi connectivity index (χ3v) is 9.08. The number of ketones is 1. The third kappa shape index (κ3) is 8.63. The van der Waals surface area contributed by atoms with Crippen molar-refractivity contribution in [1.29, 1.82) is 0 Å². The summed E-state index contributed by atoms with van der Waals surface area (Å²) < 4.78 is 30.3. The van der Waals surface area contributed by atoms with E-state index in [0.717, 1.165) is 9.64 Å². The average molecular weight is 870 g/mol. The second-order valence-electron chi connectivity index (χ2n) is 6.08. The van der Waals surface area contributed by atoms with Crippen LogP contribution < -0.4 is 15.0 Å². The van der Waals surface area contributed by atoms with Crippen LogP contribution in [-0.4, -0.2) is 86.8 Å². The number of aromatic hydroxyl groups is 1. The number of phenolic OH excluding ortho intramolecular Hbond substituents is 1. The van der Waals surface area contributed by atoms with Gasteiger partial charge in [0, 0.05) is 19.8 Å². The van der Waals surface area contributed by atoms with E-state index in [4.69, 9.17) is 8.19 Å². The Morgan fingerprint density at radius 1 is 0.970 bits per heavy atom. The zero-order chi connectivity index (χ0) is 25.0. The van der Waals surface area contributed by atoms with Gasteiger partial charge in [-0.25, -0.2) is 4.79 Å². The topological polar surface area (TPSA) is 173 Å². The van der Waals surface area contributed by atoms with Gasteiger partial charge in [-0.1, -0.05) is 0 Å². The van der Waals surface area contributed by atoms with Gasteiger partial charge in [-0.15, -0.1) is 0 Å². The van der Waals surface area contributed by atoms with E-state index < -0.39 is 36.1 Å². The minimum absolute atomic E-state index is 0. The minimum atomic E-state index is -5.15. The number of carbonyl (C=O) groups excluding carboxylic acids is 2. The summed E-state index contributed by atoms with van der Waals surface area (Å²) in [6.07, 6.45) is 0.